The molecule has 0 heterocycles. The minimum atomic E-state index is -0.649. The zero-order chi connectivity index (χ0) is 20.7. The van der Waals surface area contributed by atoms with Crippen LogP contribution in [-0.2, 0) is 9.47 Å². The van der Waals surface area contributed by atoms with E-state index < -0.39 is 27.9 Å². The van der Waals surface area contributed by atoms with Crippen molar-refractivity contribution >= 4 is 23.3 Å². The first-order chi connectivity index (χ1) is 13.3. The first-order valence-electron chi connectivity index (χ1n) is 8.15. The Balaban J connectivity index is 1.79. The zero-order valence-electron chi connectivity index (χ0n) is 14.8. The van der Waals surface area contributed by atoms with Gasteiger partial charge in [0.15, 0.2) is 0 Å². The summed E-state index contributed by atoms with van der Waals surface area (Å²) in [5.41, 5.74) is 0.0625. The number of esters is 2. The van der Waals surface area contributed by atoms with Crippen molar-refractivity contribution < 1.29 is 28.9 Å². The van der Waals surface area contributed by atoms with Crippen LogP contribution in [0.25, 0.3) is 0 Å². The molecule has 10 heteroatoms. The fraction of sp³-hybridized carbons (Fsp3) is 0.222. The first kappa shape index (κ1) is 20.5. The molecule has 0 spiro atoms. The third-order valence-electron chi connectivity index (χ3n) is 3.69. The SMILES string of the molecule is CC(CCOC(=O)c1ccc([N+](=O)[O-])cc1)OC(=O)c1ccc([N+](=O)[O-])cc1. The largest absolute Gasteiger partial charge is 0.462 e. The van der Waals surface area contributed by atoms with Crippen molar-refractivity contribution in [3.8, 4) is 0 Å². The maximum Gasteiger partial charge on any atom is 0.338 e. The van der Waals surface area contributed by atoms with E-state index in [9.17, 15) is 29.8 Å². The number of ether oxygens (including phenoxy) is 2. The fourth-order valence-electron chi connectivity index (χ4n) is 2.15. The minimum Gasteiger partial charge on any atom is -0.462 e. The Kier molecular flexibility index (Phi) is 6.74. The van der Waals surface area contributed by atoms with E-state index in [2.05, 4.69) is 0 Å². The molecule has 0 aliphatic rings. The molecule has 0 radical (unpaired) electrons. The van der Waals surface area contributed by atoms with Gasteiger partial charge in [0.05, 0.1) is 27.6 Å². The van der Waals surface area contributed by atoms with Gasteiger partial charge in [0, 0.05) is 30.7 Å². The van der Waals surface area contributed by atoms with Crippen LogP contribution in [0.3, 0.4) is 0 Å². The van der Waals surface area contributed by atoms with E-state index in [1.807, 2.05) is 0 Å². The Bertz CT molecular complexity index is 877. The molecule has 1 unspecified atom stereocenters. The highest BCUT2D eigenvalue weighted by Crippen LogP contribution is 2.15. The highest BCUT2D eigenvalue weighted by molar-refractivity contribution is 5.90. The number of nitro groups is 2. The van der Waals surface area contributed by atoms with Crippen LogP contribution in [0.1, 0.15) is 34.1 Å². The van der Waals surface area contributed by atoms with Crippen LogP contribution in [0.5, 0.6) is 0 Å². The molecule has 0 aliphatic carbocycles. The highest BCUT2D eigenvalue weighted by Gasteiger charge is 2.15. The summed E-state index contributed by atoms with van der Waals surface area (Å²) < 4.78 is 10.2. The fourth-order valence-corrected chi connectivity index (χ4v) is 2.15. The number of rotatable bonds is 8. The van der Waals surface area contributed by atoms with Crippen LogP contribution in [0.4, 0.5) is 11.4 Å². The third kappa shape index (κ3) is 5.59. The Morgan fingerprint density at radius 2 is 1.29 bits per heavy atom. The van der Waals surface area contributed by atoms with Crippen LogP contribution in [0.15, 0.2) is 48.5 Å². The van der Waals surface area contributed by atoms with Gasteiger partial charge in [0.25, 0.3) is 11.4 Å². The summed E-state index contributed by atoms with van der Waals surface area (Å²) in [6.45, 7) is 1.59. The van der Waals surface area contributed by atoms with Crippen molar-refractivity contribution in [3.05, 3.63) is 79.9 Å². The van der Waals surface area contributed by atoms with E-state index in [0.29, 0.717) is 0 Å². The van der Waals surface area contributed by atoms with Crippen LogP contribution in [-0.4, -0.2) is 34.5 Å². The average Bonchev–Trinajstić information content (AvgIpc) is 2.67. The van der Waals surface area contributed by atoms with Crippen molar-refractivity contribution in [3.63, 3.8) is 0 Å². The van der Waals surface area contributed by atoms with Gasteiger partial charge >= 0.3 is 11.9 Å². The third-order valence-corrected chi connectivity index (χ3v) is 3.69. The molecule has 1 atom stereocenters. The molecular weight excluding hydrogens is 372 g/mol. The second-order valence-corrected chi connectivity index (χ2v) is 5.75. The van der Waals surface area contributed by atoms with Crippen LogP contribution in [0.2, 0.25) is 0 Å². The minimum absolute atomic E-state index is 0.0233. The Morgan fingerprint density at radius 3 is 1.71 bits per heavy atom. The smallest absolute Gasteiger partial charge is 0.338 e. The van der Waals surface area contributed by atoms with Crippen molar-refractivity contribution in [2.75, 3.05) is 6.61 Å². The molecule has 0 saturated carbocycles. The summed E-state index contributed by atoms with van der Waals surface area (Å²) in [5, 5.41) is 21.2. The number of nitrogens with zero attached hydrogens (tertiary/aromatic N) is 2. The Labute approximate surface area is 159 Å². The summed E-state index contributed by atoms with van der Waals surface area (Å²) in [4.78, 5) is 43.9. The van der Waals surface area contributed by atoms with E-state index in [-0.39, 0.29) is 35.5 Å². The van der Waals surface area contributed by atoms with Gasteiger partial charge < -0.3 is 9.47 Å². The maximum absolute atomic E-state index is 12.0. The zero-order valence-corrected chi connectivity index (χ0v) is 14.8. The predicted molar refractivity (Wildman–Crippen MR) is 96.0 cm³/mol. The molecule has 0 N–H and O–H groups in total. The van der Waals surface area contributed by atoms with Gasteiger partial charge in [-0.1, -0.05) is 0 Å². The van der Waals surface area contributed by atoms with E-state index in [1.165, 1.54) is 48.5 Å². The van der Waals surface area contributed by atoms with Gasteiger partial charge in [0.2, 0.25) is 0 Å². The van der Waals surface area contributed by atoms with Crippen molar-refractivity contribution in [1.29, 1.82) is 0 Å². The van der Waals surface area contributed by atoms with Gasteiger partial charge in [0.1, 0.15) is 6.10 Å². The van der Waals surface area contributed by atoms with Crippen molar-refractivity contribution in [2.24, 2.45) is 0 Å². The van der Waals surface area contributed by atoms with Gasteiger partial charge in [-0.3, -0.25) is 20.2 Å². The molecule has 2 aromatic carbocycles. The lowest BCUT2D eigenvalue weighted by molar-refractivity contribution is -0.385. The Morgan fingerprint density at radius 1 is 0.857 bits per heavy atom. The normalized spacial score (nSPS) is 11.3. The van der Waals surface area contributed by atoms with E-state index >= 15 is 0 Å². The van der Waals surface area contributed by atoms with Crippen molar-refractivity contribution in [2.45, 2.75) is 19.4 Å². The van der Waals surface area contributed by atoms with Crippen molar-refractivity contribution in [1.82, 2.24) is 0 Å². The number of benzene rings is 2. The molecule has 28 heavy (non-hydrogen) atoms. The van der Waals surface area contributed by atoms with Gasteiger partial charge in [-0.2, -0.15) is 0 Å². The average molecular weight is 388 g/mol. The lowest BCUT2D eigenvalue weighted by Crippen LogP contribution is -2.18. The molecule has 0 fully saturated rings. The molecule has 0 amide bonds. The summed E-state index contributed by atoms with van der Waals surface area (Å²) in [6, 6.07) is 9.97. The first-order valence-corrected chi connectivity index (χ1v) is 8.15. The molecule has 0 saturated heterocycles. The number of carbonyl (C=O) groups is 2. The lowest BCUT2D eigenvalue weighted by atomic mass is 10.2. The molecule has 2 rings (SSSR count). The van der Waals surface area contributed by atoms with Gasteiger partial charge in [-0.05, 0) is 31.2 Å². The monoisotopic (exact) mass is 388 g/mol. The molecule has 0 bridgehead atoms. The standard InChI is InChI=1S/C18H16N2O8/c1-12(28-18(22)14-4-8-16(9-5-14)20(25)26)10-11-27-17(21)13-2-6-15(7-3-13)19(23)24/h2-9,12H,10-11H2,1H3. The van der Waals surface area contributed by atoms with Crippen LogP contribution in [0, 0.1) is 20.2 Å². The molecule has 10 nitrogen and oxygen atoms in total. The van der Waals surface area contributed by atoms with E-state index in [0.717, 1.165) is 0 Å². The van der Waals surface area contributed by atoms with Gasteiger partial charge in [-0.25, -0.2) is 9.59 Å². The predicted octanol–water partition coefficient (Wildman–Crippen LogP) is 3.30. The second-order valence-electron chi connectivity index (χ2n) is 5.75. The molecule has 146 valence electrons. The lowest BCUT2D eigenvalue weighted by Gasteiger charge is -2.13. The molecule has 0 aromatic heterocycles. The molecule has 0 aliphatic heterocycles. The number of nitro benzene ring substituents is 2. The number of non-ortho nitro benzene ring substituents is 2. The summed E-state index contributed by atoms with van der Waals surface area (Å²) in [7, 11) is 0. The summed E-state index contributed by atoms with van der Waals surface area (Å²) >= 11 is 0. The quantitative estimate of drug-likeness (QED) is 0.381. The second kappa shape index (κ2) is 9.21. The number of hydrogen-bond acceptors (Lipinski definition) is 8. The molecule has 2 aromatic rings. The van der Waals surface area contributed by atoms with Gasteiger partial charge in [-0.15, -0.1) is 0 Å². The molecular formula is C18H16N2O8. The van der Waals surface area contributed by atoms with E-state index in [1.54, 1.807) is 6.92 Å². The topological polar surface area (TPSA) is 139 Å². The Hall–Kier alpha value is -3.82. The number of hydrogen-bond donors (Lipinski definition) is 0. The van der Waals surface area contributed by atoms with Crippen LogP contribution >= 0.6 is 0 Å². The van der Waals surface area contributed by atoms with Crippen LogP contribution < -0.4 is 0 Å². The highest BCUT2D eigenvalue weighted by atomic mass is 16.6. The summed E-state index contributed by atoms with van der Waals surface area (Å²) in [5.74, 6) is -1.30. The summed E-state index contributed by atoms with van der Waals surface area (Å²) in [6.07, 6.45) is -0.329. The number of carbonyl (C=O) groups excluding carboxylic acids is 2. The van der Waals surface area contributed by atoms with E-state index in [4.69, 9.17) is 9.47 Å². The maximum atomic E-state index is 12.0.